The third kappa shape index (κ3) is 8.52. The maximum absolute atomic E-state index is 12.6. The molecule has 0 aliphatic rings. The van der Waals surface area contributed by atoms with Gasteiger partial charge < -0.3 is 23.7 Å². The van der Waals surface area contributed by atoms with Crippen LogP contribution in [0, 0.1) is 0 Å². The standard InChI is InChI=1S/C32H28O9/c1-6-29(33)39-26-15-8-21(18-28(26)41-30(34)7-2)9-17-31(35)40-25-16-12-23(19-27(25)37-5)22-10-13-24(14-11-22)38-32(36)20(3)4/h6-8,10-16,18-19H,1-3,9,17H2,4-5H3. The van der Waals surface area contributed by atoms with Crippen molar-refractivity contribution in [2.75, 3.05) is 7.11 Å². The molecule has 0 fully saturated rings. The van der Waals surface area contributed by atoms with E-state index in [4.69, 9.17) is 23.7 Å². The highest BCUT2D eigenvalue weighted by atomic mass is 16.6. The van der Waals surface area contributed by atoms with Crippen molar-refractivity contribution in [2.45, 2.75) is 19.8 Å². The lowest BCUT2D eigenvalue weighted by atomic mass is 10.0. The van der Waals surface area contributed by atoms with Crippen LogP contribution in [0.1, 0.15) is 18.9 Å². The van der Waals surface area contributed by atoms with Crippen LogP contribution in [0.3, 0.4) is 0 Å². The zero-order valence-electron chi connectivity index (χ0n) is 22.6. The number of ether oxygens (including phenoxy) is 5. The molecule has 3 aromatic rings. The molecule has 0 radical (unpaired) electrons. The first-order valence-electron chi connectivity index (χ1n) is 12.3. The number of hydrogen-bond donors (Lipinski definition) is 0. The van der Waals surface area contributed by atoms with Crippen LogP contribution in [0.2, 0.25) is 0 Å². The Morgan fingerprint density at radius 2 is 1.29 bits per heavy atom. The van der Waals surface area contributed by atoms with Crippen molar-refractivity contribution < 1.29 is 42.9 Å². The molecule has 0 spiro atoms. The summed E-state index contributed by atoms with van der Waals surface area (Å²) in [5, 5.41) is 0. The maximum Gasteiger partial charge on any atom is 0.338 e. The Bertz CT molecular complexity index is 1500. The number of carbonyl (C=O) groups is 4. The van der Waals surface area contributed by atoms with E-state index in [1.807, 2.05) is 0 Å². The predicted molar refractivity (Wildman–Crippen MR) is 151 cm³/mol. The Morgan fingerprint density at radius 1 is 0.707 bits per heavy atom. The van der Waals surface area contributed by atoms with Crippen LogP contribution in [0.5, 0.6) is 28.7 Å². The Kier molecular flexibility index (Phi) is 10.3. The van der Waals surface area contributed by atoms with Crippen LogP contribution in [-0.4, -0.2) is 31.0 Å². The Hall–Kier alpha value is -5.44. The molecule has 3 aromatic carbocycles. The molecule has 0 saturated heterocycles. The van der Waals surface area contributed by atoms with E-state index in [2.05, 4.69) is 19.7 Å². The zero-order valence-corrected chi connectivity index (χ0v) is 22.6. The summed E-state index contributed by atoms with van der Waals surface area (Å²) < 4.78 is 26.4. The second kappa shape index (κ2) is 14.1. The molecular weight excluding hydrogens is 528 g/mol. The van der Waals surface area contributed by atoms with Gasteiger partial charge in [-0.15, -0.1) is 0 Å². The number of esters is 4. The van der Waals surface area contributed by atoms with Gasteiger partial charge in [0.15, 0.2) is 23.0 Å². The summed E-state index contributed by atoms with van der Waals surface area (Å²) in [7, 11) is 1.46. The SMILES string of the molecule is C=CC(=O)Oc1ccc(CCC(=O)Oc2ccc(-c3ccc(OC(=O)C(=C)C)cc3)cc2OC)cc1OC(=O)C=C. The lowest BCUT2D eigenvalue weighted by molar-refractivity contribution is -0.134. The third-order valence-corrected chi connectivity index (χ3v) is 5.51. The van der Waals surface area contributed by atoms with Gasteiger partial charge in [-0.05, 0) is 66.4 Å². The molecule has 0 atom stereocenters. The van der Waals surface area contributed by atoms with Crippen LogP contribution < -0.4 is 23.7 Å². The minimum atomic E-state index is -0.741. The molecule has 9 heteroatoms. The molecule has 0 heterocycles. The number of methoxy groups -OCH3 is 1. The molecule has 0 aromatic heterocycles. The first-order chi connectivity index (χ1) is 19.6. The van der Waals surface area contributed by atoms with Crippen molar-refractivity contribution in [3.63, 3.8) is 0 Å². The van der Waals surface area contributed by atoms with Crippen LogP contribution in [0.15, 0.2) is 98.1 Å². The number of benzene rings is 3. The molecule has 0 unspecified atom stereocenters. The second-order valence-corrected chi connectivity index (χ2v) is 8.57. The molecule has 41 heavy (non-hydrogen) atoms. The monoisotopic (exact) mass is 556 g/mol. The summed E-state index contributed by atoms with van der Waals surface area (Å²) >= 11 is 0. The highest BCUT2D eigenvalue weighted by Gasteiger charge is 2.16. The lowest BCUT2D eigenvalue weighted by Crippen LogP contribution is -2.11. The maximum atomic E-state index is 12.6. The van der Waals surface area contributed by atoms with Gasteiger partial charge in [-0.3, -0.25) is 4.79 Å². The Morgan fingerprint density at radius 3 is 1.90 bits per heavy atom. The van der Waals surface area contributed by atoms with Gasteiger partial charge in [-0.25, -0.2) is 14.4 Å². The Balaban J connectivity index is 1.68. The second-order valence-electron chi connectivity index (χ2n) is 8.57. The van der Waals surface area contributed by atoms with Gasteiger partial charge in [0, 0.05) is 24.1 Å². The zero-order chi connectivity index (χ0) is 29.9. The van der Waals surface area contributed by atoms with Gasteiger partial charge in [-0.1, -0.05) is 44.0 Å². The summed E-state index contributed by atoms with van der Waals surface area (Å²) in [6.45, 7) is 11.8. The number of hydrogen-bond acceptors (Lipinski definition) is 9. The molecular formula is C32H28O9. The summed E-state index contributed by atoms with van der Waals surface area (Å²) in [5.41, 5.74) is 2.55. The average Bonchev–Trinajstić information content (AvgIpc) is 2.97. The van der Waals surface area contributed by atoms with Gasteiger partial charge in [0.25, 0.3) is 0 Å². The smallest absolute Gasteiger partial charge is 0.338 e. The van der Waals surface area contributed by atoms with Crippen molar-refractivity contribution in [3.8, 4) is 39.9 Å². The van der Waals surface area contributed by atoms with Crippen molar-refractivity contribution in [2.24, 2.45) is 0 Å². The van der Waals surface area contributed by atoms with E-state index < -0.39 is 23.9 Å². The highest BCUT2D eigenvalue weighted by molar-refractivity contribution is 5.89. The number of aryl methyl sites for hydroxylation is 1. The Labute approximate surface area is 237 Å². The normalized spacial score (nSPS) is 10.1. The predicted octanol–water partition coefficient (Wildman–Crippen LogP) is 5.56. The van der Waals surface area contributed by atoms with Crippen molar-refractivity contribution in [3.05, 3.63) is 104 Å². The molecule has 0 N–H and O–H groups in total. The van der Waals surface area contributed by atoms with Crippen molar-refractivity contribution in [1.29, 1.82) is 0 Å². The summed E-state index contributed by atoms with van der Waals surface area (Å²) in [6, 6.07) is 16.6. The minimum absolute atomic E-state index is 0.00406. The van der Waals surface area contributed by atoms with Gasteiger partial charge in [-0.2, -0.15) is 0 Å². The number of carbonyl (C=O) groups excluding carboxylic acids is 4. The first-order valence-corrected chi connectivity index (χ1v) is 12.3. The fraction of sp³-hybridized carbons (Fsp3) is 0.125. The highest BCUT2D eigenvalue weighted by Crippen LogP contribution is 2.34. The molecule has 0 amide bonds. The van der Waals surface area contributed by atoms with E-state index in [0.717, 1.165) is 23.3 Å². The summed E-state index contributed by atoms with van der Waals surface area (Å²) in [4.78, 5) is 47.7. The van der Waals surface area contributed by atoms with Crippen LogP contribution in [0.4, 0.5) is 0 Å². The molecule has 0 aliphatic carbocycles. The fourth-order valence-corrected chi connectivity index (χ4v) is 3.43. The average molecular weight is 557 g/mol. The van der Waals surface area contributed by atoms with Gasteiger partial charge in [0.1, 0.15) is 5.75 Å². The van der Waals surface area contributed by atoms with Gasteiger partial charge >= 0.3 is 23.9 Å². The summed E-state index contributed by atoms with van der Waals surface area (Å²) in [5.74, 6) is -1.51. The molecule has 9 nitrogen and oxygen atoms in total. The van der Waals surface area contributed by atoms with Crippen molar-refractivity contribution >= 4 is 23.9 Å². The molecule has 0 bridgehead atoms. The van der Waals surface area contributed by atoms with E-state index in [9.17, 15) is 19.2 Å². The van der Waals surface area contributed by atoms with Gasteiger partial charge in [0.2, 0.25) is 0 Å². The van der Waals surface area contributed by atoms with Crippen LogP contribution >= 0.6 is 0 Å². The topological polar surface area (TPSA) is 114 Å². The molecule has 0 saturated carbocycles. The van der Waals surface area contributed by atoms with E-state index in [0.29, 0.717) is 22.6 Å². The van der Waals surface area contributed by atoms with E-state index in [1.54, 1.807) is 55.5 Å². The third-order valence-electron chi connectivity index (χ3n) is 5.51. The largest absolute Gasteiger partial charge is 0.493 e. The van der Waals surface area contributed by atoms with Crippen LogP contribution in [-0.2, 0) is 25.6 Å². The van der Waals surface area contributed by atoms with Crippen molar-refractivity contribution in [1.82, 2.24) is 0 Å². The van der Waals surface area contributed by atoms with E-state index in [-0.39, 0.29) is 30.1 Å². The van der Waals surface area contributed by atoms with Crippen LogP contribution in [0.25, 0.3) is 11.1 Å². The summed E-state index contributed by atoms with van der Waals surface area (Å²) in [6.07, 6.45) is 2.19. The molecule has 3 rings (SSSR count). The number of rotatable bonds is 12. The fourth-order valence-electron chi connectivity index (χ4n) is 3.43. The van der Waals surface area contributed by atoms with Gasteiger partial charge in [0.05, 0.1) is 7.11 Å². The minimum Gasteiger partial charge on any atom is -0.493 e. The van der Waals surface area contributed by atoms with E-state index in [1.165, 1.54) is 19.2 Å². The molecule has 0 aliphatic heterocycles. The first kappa shape index (κ1) is 30.1. The lowest BCUT2D eigenvalue weighted by Gasteiger charge is -2.12. The quantitative estimate of drug-likeness (QED) is 0.161. The molecule has 210 valence electrons. The van der Waals surface area contributed by atoms with E-state index >= 15 is 0 Å².